The summed E-state index contributed by atoms with van der Waals surface area (Å²) < 4.78 is 0. The molecule has 0 heterocycles. The van der Waals surface area contributed by atoms with Gasteiger partial charge in [0.25, 0.3) is 0 Å². The molecule has 51 valence electrons. The zero-order valence-electron chi connectivity index (χ0n) is 6.22. The van der Waals surface area contributed by atoms with E-state index in [1.54, 1.807) is 0 Å². The quantitative estimate of drug-likeness (QED) is 0.578. The van der Waals surface area contributed by atoms with E-state index in [0.717, 1.165) is 12.0 Å². The van der Waals surface area contributed by atoms with Gasteiger partial charge in [0.15, 0.2) is 0 Å². The molecular weight excluding hydrogens is 120 g/mol. The Morgan fingerprint density at radius 1 is 1.50 bits per heavy atom. The van der Waals surface area contributed by atoms with Crippen LogP contribution >= 0.6 is 0 Å². The van der Waals surface area contributed by atoms with Crippen molar-refractivity contribution in [2.75, 3.05) is 0 Å². The molecule has 1 rings (SSSR count). The van der Waals surface area contributed by atoms with Crippen molar-refractivity contribution < 1.29 is 0 Å². The average molecular weight is 131 g/mol. The Labute approximate surface area is 62.2 Å². The summed E-state index contributed by atoms with van der Waals surface area (Å²) in [4.78, 5) is 0. The topological polar surface area (TPSA) is 0 Å². The third kappa shape index (κ3) is 1.47. The van der Waals surface area contributed by atoms with Gasteiger partial charge >= 0.3 is 0 Å². The first-order chi connectivity index (χ1) is 4.86. The highest BCUT2D eigenvalue weighted by atomic mass is 13.9. The van der Waals surface area contributed by atoms with Crippen LogP contribution in [0.15, 0.2) is 30.8 Å². The lowest BCUT2D eigenvalue weighted by Gasteiger charge is -1.95. The average Bonchev–Trinajstić information content (AvgIpc) is 2.05. The molecule has 0 nitrogen and oxygen atoms in total. The monoisotopic (exact) mass is 131 g/mol. The van der Waals surface area contributed by atoms with Crippen LogP contribution in [0.1, 0.15) is 18.1 Å². The molecule has 1 aromatic carbocycles. The van der Waals surface area contributed by atoms with Gasteiger partial charge < -0.3 is 0 Å². The lowest BCUT2D eigenvalue weighted by molar-refractivity contribution is 1.14. The van der Waals surface area contributed by atoms with Crippen LogP contribution in [-0.2, 0) is 6.42 Å². The second kappa shape index (κ2) is 3.21. The standard InChI is InChI=1S/C10H11/c1-3-9-6-5-7-10(4-2)8-9/h5-8H,1,4H2,2H3. The van der Waals surface area contributed by atoms with Gasteiger partial charge in [-0.15, -0.1) is 0 Å². The van der Waals surface area contributed by atoms with Crippen LogP contribution in [0.5, 0.6) is 0 Å². The Bertz CT molecular complexity index is 223. The van der Waals surface area contributed by atoms with Crippen molar-refractivity contribution in [3.8, 4) is 0 Å². The molecule has 0 atom stereocenters. The maximum absolute atomic E-state index is 3.58. The molecule has 0 bridgehead atoms. The Kier molecular flexibility index (Phi) is 2.27. The van der Waals surface area contributed by atoms with Crippen molar-refractivity contribution in [1.29, 1.82) is 0 Å². The molecule has 0 unspecified atom stereocenters. The number of aryl methyl sites for hydroxylation is 1. The highest BCUT2D eigenvalue weighted by Crippen LogP contribution is 2.04. The first-order valence-corrected chi connectivity index (χ1v) is 3.49. The summed E-state index contributed by atoms with van der Waals surface area (Å²) in [6.07, 6.45) is 3.93. The second-order valence-corrected chi connectivity index (χ2v) is 2.23. The molecule has 0 spiro atoms. The van der Waals surface area contributed by atoms with Crippen LogP contribution in [0, 0.1) is 6.08 Å². The largest absolute Gasteiger partial charge is 0.0906 e. The molecule has 10 heavy (non-hydrogen) atoms. The van der Waals surface area contributed by atoms with Crippen molar-refractivity contribution in [1.82, 2.24) is 0 Å². The molecule has 0 saturated carbocycles. The summed E-state index contributed by atoms with van der Waals surface area (Å²) >= 11 is 0. The Hall–Kier alpha value is -1.04. The molecule has 0 N–H and O–H groups in total. The molecule has 0 aliphatic rings. The molecular formula is C10H11. The third-order valence-corrected chi connectivity index (χ3v) is 1.54. The third-order valence-electron chi connectivity index (χ3n) is 1.54. The highest BCUT2D eigenvalue weighted by molar-refractivity contribution is 5.27. The van der Waals surface area contributed by atoms with E-state index < -0.39 is 0 Å². The molecule has 0 aliphatic heterocycles. The van der Waals surface area contributed by atoms with Crippen LogP contribution in [-0.4, -0.2) is 0 Å². The normalized spacial score (nSPS) is 9.30. The van der Waals surface area contributed by atoms with E-state index in [-0.39, 0.29) is 0 Å². The molecule has 0 aliphatic carbocycles. The fourth-order valence-corrected chi connectivity index (χ4v) is 0.901. The van der Waals surface area contributed by atoms with Crippen LogP contribution in [0.2, 0.25) is 0 Å². The van der Waals surface area contributed by atoms with Crippen LogP contribution < -0.4 is 0 Å². The van der Waals surface area contributed by atoms with Gasteiger partial charge in [-0.1, -0.05) is 37.8 Å². The summed E-state index contributed by atoms with van der Waals surface area (Å²) in [6, 6.07) is 8.26. The van der Waals surface area contributed by atoms with Crippen molar-refractivity contribution >= 4 is 0 Å². The Balaban J connectivity index is 2.98. The van der Waals surface area contributed by atoms with Crippen molar-refractivity contribution in [2.24, 2.45) is 0 Å². The minimum absolute atomic E-state index is 1.08. The number of benzene rings is 1. The molecule has 0 saturated heterocycles. The lowest BCUT2D eigenvalue weighted by Crippen LogP contribution is -1.80. The van der Waals surface area contributed by atoms with Gasteiger partial charge in [0.1, 0.15) is 0 Å². The first-order valence-electron chi connectivity index (χ1n) is 3.49. The molecule has 1 radical (unpaired) electrons. The van der Waals surface area contributed by atoms with E-state index in [1.807, 2.05) is 12.1 Å². The van der Waals surface area contributed by atoms with Crippen molar-refractivity contribution in [2.45, 2.75) is 13.3 Å². The number of rotatable bonds is 2. The minimum Gasteiger partial charge on any atom is -0.0906 e. The van der Waals surface area contributed by atoms with E-state index in [0.29, 0.717) is 0 Å². The van der Waals surface area contributed by atoms with E-state index in [2.05, 4.69) is 31.7 Å². The van der Waals surface area contributed by atoms with Gasteiger partial charge in [-0.3, -0.25) is 0 Å². The molecule has 0 heteroatoms. The van der Waals surface area contributed by atoms with E-state index in [9.17, 15) is 0 Å². The van der Waals surface area contributed by atoms with Gasteiger partial charge in [-0.05, 0) is 23.6 Å². The summed E-state index contributed by atoms with van der Waals surface area (Å²) in [6.45, 7) is 5.72. The van der Waals surface area contributed by atoms with Crippen LogP contribution in [0.3, 0.4) is 0 Å². The van der Waals surface area contributed by atoms with Gasteiger partial charge in [0.2, 0.25) is 0 Å². The van der Waals surface area contributed by atoms with E-state index in [1.165, 1.54) is 5.56 Å². The predicted octanol–water partition coefficient (Wildman–Crippen LogP) is 2.59. The Morgan fingerprint density at radius 2 is 2.30 bits per heavy atom. The maximum Gasteiger partial charge on any atom is -0.0181 e. The number of hydrogen-bond acceptors (Lipinski definition) is 0. The maximum atomic E-state index is 3.58. The lowest BCUT2D eigenvalue weighted by atomic mass is 10.1. The van der Waals surface area contributed by atoms with Gasteiger partial charge in [-0.25, -0.2) is 0 Å². The fourth-order valence-electron chi connectivity index (χ4n) is 0.901. The number of hydrogen-bond donors (Lipinski definition) is 0. The molecule has 0 aromatic heterocycles. The highest BCUT2D eigenvalue weighted by Gasteiger charge is 1.88. The van der Waals surface area contributed by atoms with E-state index >= 15 is 0 Å². The summed E-state index contributed by atoms with van der Waals surface area (Å²) in [5.74, 6) is 0. The second-order valence-electron chi connectivity index (χ2n) is 2.23. The Morgan fingerprint density at radius 3 is 2.90 bits per heavy atom. The summed E-state index contributed by atoms with van der Waals surface area (Å²) in [7, 11) is 0. The van der Waals surface area contributed by atoms with Crippen LogP contribution in [0.25, 0.3) is 0 Å². The minimum atomic E-state index is 1.08. The van der Waals surface area contributed by atoms with Gasteiger partial charge in [0, 0.05) is 0 Å². The van der Waals surface area contributed by atoms with Gasteiger partial charge in [-0.2, -0.15) is 0 Å². The van der Waals surface area contributed by atoms with Crippen molar-refractivity contribution in [3.63, 3.8) is 0 Å². The SMILES string of the molecule is C=[C]c1cccc(CC)c1. The fraction of sp³-hybridized carbons (Fsp3) is 0.200. The molecule has 1 aromatic rings. The zero-order chi connectivity index (χ0) is 7.40. The summed E-state index contributed by atoms with van der Waals surface area (Å²) in [5, 5.41) is 0. The zero-order valence-corrected chi connectivity index (χ0v) is 6.22. The van der Waals surface area contributed by atoms with Gasteiger partial charge in [0.05, 0.1) is 0 Å². The van der Waals surface area contributed by atoms with E-state index in [4.69, 9.17) is 0 Å². The smallest absolute Gasteiger partial charge is 0.0181 e. The first kappa shape index (κ1) is 7.07. The molecule has 0 fully saturated rings. The molecule has 0 amide bonds. The van der Waals surface area contributed by atoms with Crippen molar-refractivity contribution in [3.05, 3.63) is 48.0 Å². The predicted molar refractivity (Wildman–Crippen MR) is 43.8 cm³/mol. The van der Waals surface area contributed by atoms with Crippen LogP contribution in [0.4, 0.5) is 0 Å². The summed E-state index contributed by atoms with van der Waals surface area (Å²) in [5.41, 5.74) is 2.42.